The molecule has 1 aromatic carbocycles. The summed E-state index contributed by atoms with van der Waals surface area (Å²) in [4.78, 5) is 11.1. The molecule has 0 spiro atoms. The molecular weight excluding hydrogens is 505 g/mol. The number of hydrogen-bond donors (Lipinski definition) is 3. The Hall–Kier alpha value is -0.910. The van der Waals surface area contributed by atoms with E-state index in [1.54, 1.807) is 12.1 Å². The van der Waals surface area contributed by atoms with Crippen molar-refractivity contribution >= 4 is 21.9 Å². The Morgan fingerprint density at radius 3 is 2.28 bits per heavy atom. The van der Waals surface area contributed by atoms with E-state index in [1.165, 1.54) is 31.2 Å². The van der Waals surface area contributed by atoms with Crippen molar-refractivity contribution in [3.05, 3.63) is 29.8 Å². The Morgan fingerprint density at radius 1 is 1.10 bits per heavy atom. The van der Waals surface area contributed by atoms with Crippen LogP contribution in [0.15, 0.2) is 24.3 Å². The number of alkyl halides is 1. The summed E-state index contributed by atoms with van der Waals surface area (Å²) in [5.41, 5.74) is 1.66. The van der Waals surface area contributed by atoms with Crippen LogP contribution in [0.5, 0.6) is 0 Å². The Balaban J connectivity index is 2.61. The monoisotopic (exact) mass is 541 g/mol. The normalized spacial score (nSPS) is 13.4. The molecule has 0 unspecified atom stereocenters. The number of carboxylic acids is 1. The van der Waals surface area contributed by atoms with E-state index in [9.17, 15) is 13.2 Å². The van der Waals surface area contributed by atoms with E-state index in [0.717, 1.165) is 15.5 Å². The van der Waals surface area contributed by atoms with Crippen molar-refractivity contribution in [3.8, 4) is 0 Å². The number of nitrogens with one attached hydrogen (secondary N) is 2. The fourth-order valence-electron chi connectivity index (χ4n) is 2.70. The number of aliphatic carboxylic acids is 1. The van der Waals surface area contributed by atoms with Crippen LogP contribution in [0, 0.1) is 0 Å². The topological polar surface area (TPSA) is 95.5 Å². The zero-order valence-corrected chi connectivity index (χ0v) is 20.9. The van der Waals surface area contributed by atoms with Crippen LogP contribution < -0.4 is 30.9 Å². The van der Waals surface area contributed by atoms with E-state index in [4.69, 9.17) is 5.11 Å². The van der Waals surface area contributed by atoms with Crippen molar-refractivity contribution in [2.24, 2.45) is 0 Å². The van der Waals surface area contributed by atoms with Gasteiger partial charge in [0.1, 0.15) is 0 Å². The van der Waals surface area contributed by atoms with E-state index >= 15 is 0 Å². The number of carbonyl (C=O) groups is 1. The fourth-order valence-corrected chi connectivity index (χ4v) is 6.30. The standard InChI is InChI=1S/C20H36IN3O4S/c1-5-6-7-8-9-10-17-11-13-18(14-12-17)22-29(27,28)23-19(15-20(25)26)16-21-24(2,3)4/h11-14,19,22-23H,5-10,15-16H2,1-4H3,(H,25,26)/t19-/m1/s1. The minimum atomic E-state index is -3.84. The fraction of sp³-hybridized carbons (Fsp3) is 0.650. The maximum atomic E-state index is 12.5. The van der Waals surface area contributed by atoms with Crippen molar-refractivity contribution in [1.82, 2.24) is 4.72 Å². The Morgan fingerprint density at radius 2 is 1.72 bits per heavy atom. The van der Waals surface area contributed by atoms with Crippen LogP contribution in [0.3, 0.4) is 0 Å². The van der Waals surface area contributed by atoms with Gasteiger partial charge in [-0.05, 0) is 0 Å². The zero-order valence-electron chi connectivity index (χ0n) is 17.9. The van der Waals surface area contributed by atoms with Gasteiger partial charge in [-0.2, -0.15) is 0 Å². The van der Waals surface area contributed by atoms with Crippen LogP contribution in [0.25, 0.3) is 0 Å². The first-order valence-electron chi connectivity index (χ1n) is 10.0. The van der Waals surface area contributed by atoms with Gasteiger partial charge in [0.2, 0.25) is 0 Å². The molecule has 0 fully saturated rings. The SMILES string of the molecule is CCCCCCCc1ccc(NS(=O)(=O)N[C@@H](C[I-][N+](C)(C)C)CC(=O)O)cc1. The molecule has 0 bridgehead atoms. The first kappa shape index (κ1) is 26.1. The Bertz CT molecular complexity index is 718. The van der Waals surface area contributed by atoms with Gasteiger partial charge in [-0.25, -0.2) is 0 Å². The van der Waals surface area contributed by atoms with Crippen molar-refractivity contribution in [2.45, 2.75) is 57.9 Å². The van der Waals surface area contributed by atoms with E-state index in [0.29, 0.717) is 10.1 Å². The number of benzene rings is 1. The molecule has 3 N–H and O–H groups in total. The predicted octanol–water partition coefficient (Wildman–Crippen LogP) is -0.000700. The summed E-state index contributed by atoms with van der Waals surface area (Å²) >= 11 is -0.401. The molecule has 0 aliphatic heterocycles. The second-order valence-corrected chi connectivity index (χ2v) is 13.9. The predicted molar refractivity (Wildman–Crippen MR) is 114 cm³/mol. The summed E-state index contributed by atoms with van der Waals surface area (Å²) in [6.07, 6.45) is 6.88. The summed E-state index contributed by atoms with van der Waals surface area (Å²) < 4.78 is 31.2. The molecule has 0 saturated carbocycles. The van der Waals surface area contributed by atoms with E-state index in [1.807, 2.05) is 33.3 Å². The molecule has 0 aliphatic rings. The minimum absolute atomic E-state index is 0.225. The van der Waals surface area contributed by atoms with Gasteiger partial charge in [0, 0.05) is 0 Å². The summed E-state index contributed by atoms with van der Waals surface area (Å²) in [5.74, 6) is -1.01. The van der Waals surface area contributed by atoms with Gasteiger partial charge in [0.05, 0.1) is 0 Å². The summed E-state index contributed by atoms with van der Waals surface area (Å²) in [6, 6.07) is 6.78. The van der Waals surface area contributed by atoms with Gasteiger partial charge < -0.3 is 0 Å². The third-order valence-electron chi connectivity index (χ3n) is 4.13. The number of aryl methyl sites for hydroxylation is 1. The number of nitrogens with zero attached hydrogens (tertiary/aromatic N) is 1. The first-order chi connectivity index (χ1) is 13.5. The van der Waals surface area contributed by atoms with Crippen molar-refractivity contribution in [1.29, 1.82) is 0 Å². The molecule has 0 aliphatic carbocycles. The molecule has 29 heavy (non-hydrogen) atoms. The second-order valence-electron chi connectivity index (χ2n) is 8.00. The summed E-state index contributed by atoms with van der Waals surface area (Å²) in [6.45, 7) is 2.20. The third kappa shape index (κ3) is 13.1. The zero-order chi connectivity index (χ0) is 21.9. The van der Waals surface area contributed by atoms with Gasteiger partial charge in [0.25, 0.3) is 0 Å². The Labute approximate surface area is 186 Å². The van der Waals surface area contributed by atoms with Gasteiger partial charge in [-0.3, -0.25) is 0 Å². The van der Waals surface area contributed by atoms with Crippen LogP contribution in [-0.2, 0) is 21.4 Å². The molecule has 1 rings (SSSR count). The van der Waals surface area contributed by atoms with Crippen molar-refractivity contribution in [3.63, 3.8) is 0 Å². The van der Waals surface area contributed by atoms with E-state index < -0.39 is 43.7 Å². The van der Waals surface area contributed by atoms with Gasteiger partial charge in [-0.15, -0.1) is 0 Å². The molecule has 1 aromatic rings. The van der Waals surface area contributed by atoms with Crippen molar-refractivity contribution in [2.75, 3.05) is 30.3 Å². The maximum absolute atomic E-state index is 12.5. The number of anilines is 1. The summed E-state index contributed by atoms with van der Waals surface area (Å²) in [7, 11) is 2.25. The van der Waals surface area contributed by atoms with Crippen LogP contribution in [0.4, 0.5) is 5.69 Å². The third-order valence-corrected chi connectivity index (χ3v) is 8.78. The molecule has 7 nitrogen and oxygen atoms in total. The van der Waals surface area contributed by atoms with Crippen molar-refractivity contribution < 1.29 is 42.5 Å². The van der Waals surface area contributed by atoms with Crippen LogP contribution in [-0.4, -0.2) is 53.8 Å². The van der Waals surface area contributed by atoms with Crippen LogP contribution in [0.2, 0.25) is 0 Å². The molecule has 9 heteroatoms. The number of halogens is 1. The number of carboxylic acid groups (broad SMARTS) is 1. The number of unbranched alkanes of at least 4 members (excludes halogenated alkanes) is 4. The van der Waals surface area contributed by atoms with Gasteiger partial charge in [-0.1, -0.05) is 26.2 Å². The first-order valence-corrected chi connectivity index (χ1v) is 14.0. The quantitative estimate of drug-likeness (QED) is 0.126. The molecule has 0 heterocycles. The molecule has 0 radical (unpaired) electrons. The van der Waals surface area contributed by atoms with Crippen LogP contribution in [0.1, 0.15) is 51.0 Å². The van der Waals surface area contributed by atoms with E-state index in [2.05, 4.69) is 16.4 Å². The van der Waals surface area contributed by atoms with Gasteiger partial charge in [0.15, 0.2) is 0 Å². The second kappa shape index (κ2) is 12.7. The summed E-state index contributed by atoms with van der Waals surface area (Å²) in [5, 5.41) is 9.10. The number of hydrogen-bond acceptors (Lipinski definition) is 3. The Kier molecular flexibility index (Phi) is 11.4. The molecule has 0 amide bonds. The van der Waals surface area contributed by atoms with Gasteiger partial charge >= 0.3 is 161 Å². The average Bonchev–Trinajstić information content (AvgIpc) is 2.59. The molecule has 0 aromatic heterocycles. The molecular formula is C20H36IN3O4S. The van der Waals surface area contributed by atoms with Crippen LogP contribution >= 0.6 is 0 Å². The molecule has 168 valence electrons. The number of quaternary nitrogens is 1. The molecule has 1 atom stereocenters. The number of rotatable bonds is 15. The van der Waals surface area contributed by atoms with E-state index in [-0.39, 0.29) is 6.42 Å². The average molecular weight is 541 g/mol. The molecule has 0 saturated heterocycles.